The summed E-state index contributed by atoms with van der Waals surface area (Å²) in [6.07, 6.45) is 1.46. The van der Waals surface area contributed by atoms with Gasteiger partial charge in [-0.1, -0.05) is 52.3 Å². The number of anilines is 2. The molecule has 162 valence electrons. The van der Waals surface area contributed by atoms with E-state index in [2.05, 4.69) is 31.3 Å². The Morgan fingerprint density at radius 3 is 2.41 bits per heavy atom. The maximum Gasteiger partial charge on any atom is 0.270 e. The molecule has 7 nitrogen and oxygen atoms in total. The minimum absolute atomic E-state index is 0.259. The molecule has 0 bridgehead atoms. The summed E-state index contributed by atoms with van der Waals surface area (Å²) in [6.45, 7) is 0.489. The monoisotopic (exact) mass is 492 g/mol. The van der Waals surface area contributed by atoms with E-state index in [1.165, 1.54) is 6.33 Å². The van der Waals surface area contributed by atoms with Gasteiger partial charge in [0.25, 0.3) is 5.91 Å². The lowest BCUT2D eigenvalue weighted by molar-refractivity contribution is 0.0953. The number of alkyl halides is 1. The van der Waals surface area contributed by atoms with Crippen molar-refractivity contribution in [2.45, 2.75) is 0 Å². The van der Waals surface area contributed by atoms with Crippen molar-refractivity contribution in [1.29, 1.82) is 0 Å². The second-order valence-electron chi connectivity index (χ2n) is 6.73. The van der Waals surface area contributed by atoms with Crippen molar-refractivity contribution in [3.63, 3.8) is 0 Å². The number of nitrogens with zero attached hydrogens (tertiary/aromatic N) is 3. The maximum atomic E-state index is 13.0. The van der Waals surface area contributed by atoms with Gasteiger partial charge in [0.05, 0.1) is 24.9 Å². The summed E-state index contributed by atoms with van der Waals surface area (Å²) in [6, 6.07) is 22.1. The van der Waals surface area contributed by atoms with Crippen LogP contribution in [0.4, 0.5) is 11.5 Å². The van der Waals surface area contributed by atoms with Gasteiger partial charge in [-0.05, 0) is 30.3 Å². The average molecular weight is 493 g/mol. The van der Waals surface area contributed by atoms with E-state index >= 15 is 0 Å². The zero-order chi connectivity index (χ0) is 22.3. The molecule has 32 heavy (non-hydrogen) atoms. The van der Waals surface area contributed by atoms with E-state index in [0.29, 0.717) is 45.7 Å². The van der Waals surface area contributed by atoms with Crippen molar-refractivity contribution >= 4 is 44.2 Å². The lowest BCUT2D eigenvalue weighted by Crippen LogP contribution is -2.39. The lowest BCUT2D eigenvalue weighted by atomic mass is 10.2. The third kappa shape index (κ3) is 4.65. The molecule has 0 radical (unpaired) electrons. The Morgan fingerprint density at radius 1 is 1.00 bits per heavy atom. The molecule has 4 aromatic rings. The molecular weight excluding hydrogens is 472 g/mol. The molecule has 0 fully saturated rings. The molecule has 0 atom stereocenters. The van der Waals surface area contributed by atoms with Crippen LogP contribution < -0.4 is 19.9 Å². The molecule has 0 unspecified atom stereocenters. The Kier molecular flexibility index (Phi) is 6.81. The van der Waals surface area contributed by atoms with Gasteiger partial charge in [-0.2, -0.15) is 0 Å². The normalized spacial score (nSPS) is 10.6. The summed E-state index contributed by atoms with van der Waals surface area (Å²) < 4.78 is 11.3. The second kappa shape index (κ2) is 10.1. The zero-order valence-corrected chi connectivity index (χ0v) is 19.0. The molecule has 1 N–H and O–H groups in total. The number of amides is 1. The first-order valence-corrected chi connectivity index (χ1v) is 11.1. The minimum Gasteiger partial charge on any atom is -0.493 e. The van der Waals surface area contributed by atoms with Crippen LogP contribution in [0.1, 0.15) is 10.4 Å². The van der Waals surface area contributed by atoms with Crippen LogP contribution in [0.5, 0.6) is 11.5 Å². The highest BCUT2D eigenvalue weighted by Gasteiger charge is 2.20. The number of hydrogen-bond acceptors (Lipinski definition) is 6. The predicted octanol–water partition coefficient (Wildman–Crippen LogP) is 4.90. The molecule has 0 saturated carbocycles. The van der Waals surface area contributed by atoms with Gasteiger partial charge >= 0.3 is 0 Å². The van der Waals surface area contributed by atoms with Crippen molar-refractivity contribution in [3.8, 4) is 11.5 Å². The van der Waals surface area contributed by atoms with E-state index in [4.69, 9.17) is 9.47 Å². The van der Waals surface area contributed by atoms with E-state index in [1.807, 2.05) is 60.7 Å². The molecule has 0 aliphatic heterocycles. The number of methoxy groups -OCH3 is 1. The lowest BCUT2D eigenvalue weighted by Gasteiger charge is -2.25. The summed E-state index contributed by atoms with van der Waals surface area (Å²) in [4.78, 5) is 21.9. The molecule has 3 aromatic carbocycles. The molecule has 1 aromatic heterocycles. The maximum absolute atomic E-state index is 13.0. The molecule has 1 heterocycles. The standard InChI is InChI=1S/C24H21BrN4O3/c1-31-21-14-19-20(15-22(21)32-13-12-25)26-16-27-23(19)29(18-10-6-3-7-11-18)28-24(30)17-8-4-2-5-9-17/h2-11,14-16H,12-13H2,1H3,(H,28,30). The Bertz CT molecular complexity index is 1210. The fourth-order valence-electron chi connectivity index (χ4n) is 3.22. The Balaban J connectivity index is 1.81. The number of fused-ring (bicyclic) bond motifs is 1. The summed E-state index contributed by atoms with van der Waals surface area (Å²) in [7, 11) is 1.58. The van der Waals surface area contributed by atoms with Gasteiger partial charge in [-0.25, -0.2) is 15.0 Å². The van der Waals surface area contributed by atoms with E-state index < -0.39 is 0 Å². The van der Waals surface area contributed by atoms with Crippen molar-refractivity contribution < 1.29 is 14.3 Å². The smallest absolute Gasteiger partial charge is 0.270 e. The SMILES string of the molecule is COc1cc2c(N(NC(=O)c3ccccc3)c3ccccc3)ncnc2cc1OCCBr. The van der Waals surface area contributed by atoms with Crippen molar-refractivity contribution in [1.82, 2.24) is 15.4 Å². The highest BCUT2D eigenvalue weighted by molar-refractivity contribution is 9.09. The number of para-hydroxylation sites is 1. The van der Waals surface area contributed by atoms with Gasteiger partial charge in [0.1, 0.15) is 6.33 Å². The second-order valence-corrected chi connectivity index (χ2v) is 7.53. The summed E-state index contributed by atoms with van der Waals surface area (Å²) in [5, 5.41) is 3.04. The Morgan fingerprint density at radius 2 is 1.72 bits per heavy atom. The number of rotatable bonds is 8. The van der Waals surface area contributed by atoms with Crippen LogP contribution in [-0.2, 0) is 0 Å². The zero-order valence-electron chi connectivity index (χ0n) is 17.4. The van der Waals surface area contributed by atoms with E-state index in [-0.39, 0.29) is 5.91 Å². The van der Waals surface area contributed by atoms with Crippen LogP contribution in [0.2, 0.25) is 0 Å². The van der Waals surface area contributed by atoms with Crippen LogP contribution in [0.3, 0.4) is 0 Å². The van der Waals surface area contributed by atoms with Crippen LogP contribution >= 0.6 is 15.9 Å². The highest BCUT2D eigenvalue weighted by atomic mass is 79.9. The fourth-order valence-corrected chi connectivity index (χ4v) is 3.38. The van der Waals surface area contributed by atoms with Crippen molar-refractivity contribution in [2.24, 2.45) is 0 Å². The van der Waals surface area contributed by atoms with Gasteiger partial charge in [-0.15, -0.1) is 0 Å². The van der Waals surface area contributed by atoms with Crippen molar-refractivity contribution in [3.05, 3.63) is 84.7 Å². The molecule has 0 aliphatic rings. The minimum atomic E-state index is -0.259. The van der Waals surface area contributed by atoms with Crippen LogP contribution in [0, 0.1) is 0 Å². The number of carbonyl (C=O) groups is 1. The quantitative estimate of drug-likeness (QED) is 0.278. The summed E-state index contributed by atoms with van der Waals surface area (Å²) in [5.74, 6) is 1.39. The van der Waals surface area contributed by atoms with Crippen LogP contribution in [0.15, 0.2) is 79.1 Å². The van der Waals surface area contributed by atoms with Gasteiger partial charge < -0.3 is 9.47 Å². The molecule has 0 spiro atoms. The summed E-state index contributed by atoms with van der Waals surface area (Å²) >= 11 is 3.36. The molecule has 0 aliphatic carbocycles. The van der Waals surface area contributed by atoms with Crippen LogP contribution in [0.25, 0.3) is 10.9 Å². The first kappa shape index (κ1) is 21.6. The number of halogens is 1. The number of carbonyl (C=O) groups excluding carboxylic acids is 1. The summed E-state index contributed by atoms with van der Waals surface area (Å²) in [5.41, 5.74) is 4.92. The van der Waals surface area contributed by atoms with Gasteiger partial charge in [0.15, 0.2) is 17.3 Å². The highest BCUT2D eigenvalue weighted by Crippen LogP contribution is 2.36. The predicted molar refractivity (Wildman–Crippen MR) is 128 cm³/mol. The van der Waals surface area contributed by atoms with Crippen LogP contribution in [-0.4, -0.2) is 34.9 Å². The average Bonchev–Trinajstić information content (AvgIpc) is 2.86. The number of ether oxygens (including phenoxy) is 2. The van der Waals surface area contributed by atoms with E-state index in [1.54, 1.807) is 24.3 Å². The first-order valence-electron chi connectivity index (χ1n) is 9.94. The first-order chi connectivity index (χ1) is 15.7. The third-order valence-electron chi connectivity index (χ3n) is 4.71. The number of hydrogen-bond donors (Lipinski definition) is 1. The number of aromatic nitrogens is 2. The molecule has 4 rings (SSSR count). The topological polar surface area (TPSA) is 76.6 Å². The Labute approximate surface area is 194 Å². The third-order valence-corrected chi connectivity index (χ3v) is 5.03. The number of nitrogens with one attached hydrogen (secondary N) is 1. The Hall–Kier alpha value is -3.65. The van der Waals surface area contributed by atoms with Gasteiger partial charge in [-0.3, -0.25) is 10.2 Å². The van der Waals surface area contributed by atoms with Gasteiger partial charge in [0.2, 0.25) is 0 Å². The number of benzene rings is 3. The van der Waals surface area contributed by atoms with Gasteiger partial charge in [0, 0.05) is 22.3 Å². The van der Waals surface area contributed by atoms with E-state index in [9.17, 15) is 4.79 Å². The fraction of sp³-hybridized carbons (Fsp3) is 0.125. The van der Waals surface area contributed by atoms with E-state index in [0.717, 1.165) is 5.69 Å². The number of hydrazine groups is 1. The molecular formula is C24H21BrN4O3. The largest absolute Gasteiger partial charge is 0.493 e. The molecule has 8 heteroatoms. The molecule has 0 saturated heterocycles. The van der Waals surface area contributed by atoms with Crippen molar-refractivity contribution in [2.75, 3.05) is 24.1 Å². The molecule has 1 amide bonds.